The van der Waals surface area contributed by atoms with E-state index in [0.717, 1.165) is 6.07 Å². The van der Waals surface area contributed by atoms with Crippen molar-refractivity contribution < 1.29 is 28.2 Å². The summed E-state index contributed by atoms with van der Waals surface area (Å²) in [6.07, 6.45) is -0.292. The monoisotopic (exact) mass is 428 g/mol. The number of ether oxygens (including phenoxy) is 2. The fourth-order valence-electron chi connectivity index (χ4n) is 2.29. The number of aliphatic hydroxyl groups is 1. The molecule has 9 heteroatoms. The van der Waals surface area contributed by atoms with Gasteiger partial charge in [-0.25, -0.2) is 8.78 Å². The van der Waals surface area contributed by atoms with Crippen molar-refractivity contribution in [3.8, 4) is 11.5 Å². The minimum Gasteiger partial charge on any atom is -0.492 e. The molecule has 0 spiro atoms. The van der Waals surface area contributed by atoms with Crippen LogP contribution in [0.1, 0.15) is 6.42 Å². The molecule has 0 aromatic heterocycles. The third-order valence-electron chi connectivity index (χ3n) is 3.80. The van der Waals surface area contributed by atoms with Gasteiger partial charge in [-0.2, -0.15) is 0 Å². The average Bonchev–Trinajstić information content (AvgIpc) is 2.70. The second kappa shape index (κ2) is 12.2. The lowest BCUT2D eigenvalue weighted by molar-refractivity contribution is -0.123. The van der Waals surface area contributed by atoms with Gasteiger partial charge in [-0.05, 0) is 42.8 Å². The zero-order chi connectivity index (χ0) is 21.1. The van der Waals surface area contributed by atoms with Crippen molar-refractivity contribution in [2.45, 2.75) is 12.5 Å². The van der Waals surface area contributed by atoms with Crippen molar-refractivity contribution in [3.05, 3.63) is 59.1 Å². The van der Waals surface area contributed by atoms with Gasteiger partial charge in [0.15, 0.2) is 6.61 Å². The molecule has 3 N–H and O–H groups in total. The van der Waals surface area contributed by atoms with E-state index in [0.29, 0.717) is 31.9 Å². The van der Waals surface area contributed by atoms with Crippen LogP contribution in [0.5, 0.6) is 11.5 Å². The molecule has 0 aliphatic carbocycles. The highest BCUT2D eigenvalue weighted by molar-refractivity contribution is 6.30. The van der Waals surface area contributed by atoms with Crippen molar-refractivity contribution in [2.75, 3.05) is 32.8 Å². The van der Waals surface area contributed by atoms with Crippen LogP contribution in [0.3, 0.4) is 0 Å². The lowest BCUT2D eigenvalue weighted by Gasteiger charge is -2.13. The summed E-state index contributed by atoms with van der Waals surface area (Å²) in [5.41, 5.74) is 0. The molecule has 29 heavy (non-hydrogen) atoms. The molecule has 2 rings (SSSR count). The summed E-state index contributed by atoms with van der Waals surface area (Å²) in [5, 5.41) is 15.5. The lowest BCUT2D eigenvalue weighted by atomic mass is 10.2. The first kappa shape index (κ1) is 22.9. The third kappa shape index (κ3) is 9.08. The number of hydrogen-bond acceptors (Lipinski definition) is 5. The van der Waals surface area contributed by atoms with Crippen molar-refractivity contribution in [1.29, 1.82) is 0 Å². The molecule has 0 saturated heterocycles. The number of amides is 1. The van der Waals surface area contributed by atoms with E-state index >= 15 is 0 Å². The largest absolute Gasteiger partial charge is 0.492 e. The molecule has 0 aliphatic rings. The summed E-state index contributed by atoms with van der Waals surface area (Å²) in [6.45, 7) is 1.22. The highest BCUT2D eigenvalue weighted by Crippen LogP contribution is 2.20. The van der Waals surface area contributed by atoms with E-state index in [-0.39, 0.29) is 35.6 Å². The molecule has 0 saturated carbocycles. The predicted octanol–water partition coefficient (Wildman–Crippen LogP) is 2.53. The van der Waals surface area contributed by atoms with Crippen LogP contribution in [0.25, 0.3) is 0 Å². The van der Waals surface area contributed by atoms with E-state index < -0.39 is 11.9 Å². The van der Waals surface area contributed by atoms with Crippen LogP contribution in [0.15, 0.2) is 42.5 Å². The maximum absolute atomic E-state index is 13.3. The molecular weight excluding hydrogens is 406 g/mol. The van der Waals surface area contributed by atoms with E-state index in [9.17, 15) is 18.7 Å². The smallest absolute Gasteiger partial charge is 0.257 e. The van der Waals surface area contributed by atoms with Gasteiger partial charge in [0.2, 0.25) is 0 Å². The molecule has 0 fully saturated rings. The first-order valence-electron chi connectivity index (χ1n) is 9.05. The number of rotatable bonds is 12. The second-order valence-electron chi connectivity index (χ2n) is 6.16. The summed E-state index contributed by atoms with van der Waals surface area (Å²) in [6, 6.07) is 9.64. The molecule has 0 aliphatic heterocycles. The van der Waals surface area contributed by atoms with Crippen molar-refractivity contribution in [2.24, 2.45) is 0 Å². The van der Waals surface area contributed by atoms with Gasteiger partial charge in [0, 0.05) is 25.7 Å². The van der Waals surface area contributed by atoms with E-state index in [2.05, 4.69) is 10.6 Å². The fourth-order valence-corrected chi connectivity index (χ4v) is 2.40. The van der Waals surface area contributed by atoms with Crippen LogP contribution in [-0.4, -0.2) is 50.0 Å². The van der Waals surface area contributed by atoms with Gasteiger partial charge in [-0.3, -0.25) is 4.79 Å². The summed E-state index contributed by atoms with van der Waals surface area (Å²) in [5.74, 6) is -0.554. The number of aliphatic hydroxyl groups excluding tert-OH is 1. The minimum absolute atomic E-state index is 0.0218. The topological polar surface area (TPSA) is 79.8 Å². The molecule has 1 amide bonds. The van der Waals surface area contributed by atoms with Gasteiger partial charge in [-0.15, -0.1) is 0 Å². The maximum atomic E-state index is 13.3. The first-order chi connectivity index (χ1) is 13.9. The quantitative estimate of drug-likeness (QED) is 0.453. The fraction of sp³-hybridized carbons (Fsp3) is 0.350. The summed E-state index contributed by atoms with van der Waals surface area (Å²) in [7, 11) is 0. The van der Waals surface area contributed by atoms with Gasteiger partial charge >= 0.3 is 0 Å². The van der Waals surface area contributed by atoms with Crippen LogP contribution in [-0.2, 0) is 4.79 Å². The number of benzene rings is 2. The standard InChI is InChI=1S/C20H23ClF2N2O4/c21-18-6-5-17(11-19(18)23)29-13-20(27)25-8-7-15(26)12-24-9-10-28-16-3-1-14(22)2-4-16/h1-6,11,15,24,26H,7-10,12-13H2,(H,25,27). The zero-order valence-corrected chi connectivity index (χ0v) is 16.4. The Morgan fingerprint density at radius 2 is 1.79 bits per heavy atom. The van der Waals surface area contributed by atoms with Gasteiger partial charge in [0.05, 0.1) is 11.1 Å². The Hall–Kier alpha value is -2.42. The first-order valence-corrected chi connectivity index (χ1v) is 9.43. The Morgan fingerprint density at radius 1 is 1.07 bits per heavy atom. The van der Waals surface area contributed by atoms with Crippen LogP contribution in [0.4, 0.5) is 8.78 Å². The SMILES string of the molecule is O=C(COc1ccc(Cl)c(F)c1)NCCC(O)CNCCOc1ccc(F)cc1. The van der Waals surface area contributed by atoms with E-state index in [1.165, 1.54) is 24.3 Å². The highest BCUT2D eigenvalue weighted by atomic mass is 35.5. The van der Waals surface area contributed by atoms with E-state index in [4.69, 9.17) is 21.1 Å². The van der Waals surface area contributed by atoms with Gasteiger partial charge in [0.25, 0.3) is 5.91 Å². The Kier molecular flexibility index (Phi) is 9.63. The van der Waals surface area contributed by atoms with Gasteiger partial charge < -0.3 is 25.2 Å². The molecule has 0 heterocycles. The van der Waals surface area contributed by atoms with Crippen LogP contribution < -0.4 is 20.1 Å². The second-order valence-corrected chi connectivity index (χ2v) is 6.57. The van der Waals surface area contributed by atoms with Crippen molar-refractivity contribution >= 4 is 17.5 Å². The number of carbonyl (C=O) groups is 1. The van der Waals surface area contributed by atoms with Crippen LogP contribution in [0, 0.1) is 11.6 Å². The Labute approximate surface area is 172 Å². The molecule has 1 unspecified atom stereocenters. The number of halogens is 3. The van der Waals surface area contributed by atoms with E-state index in [1.54, 1.807) is 12.1 Å². The third-order valence-corrected chi connectivity index (χ3v) is 4.11. The highest BCUT2D eigenvalue weighted by Gasteiger charge is 2.08. The zero-order valence-electron chi connectivity index (χ0n) is 15.7. The Bertz CT molecular complexity index is 778. The Balaban J connectivity index is 1.50. The molecule has 0 bridgehead atoms. The van der Waals surface area contributed by atoms with Crippen molar-refractivity contribution in [3.63, 3.8) is 0 Å². The van der Waals surface area contributed by atoms with Gasteiger partial charge in [-0.1, -0.05) is 11.6 Å². The molecule has 6 nitrogen and oxygen atoms in total. The molecular formula is C20H23ClF2N2O4. The normalized spacial score (nSPS) is 11.7. The van der Waals surface area contributed by atoms with Crippen LogP contribution >= 0.6 is 11.6 Å². The summed E-state index contributed by atoms with van der Waals surface area (Å²) in [4.78, 5) is 11.7. The predicted molar refractivity (Wildman–Crippen MR) is 105 cm³/mol. The molecule has 0 radical (unpaired) electrons. The Morgan fingerprint density at radius 3 is 2.52 bits per heavy atom. The molecule has 2 aromatic rings. The minimum atomic E-state index is -0.646. The number of nitrogens with one attached hydrogen (secondary N) is 2. The molecule has 1 atom stereocenters. The average molecular weight is 429 g/mol. The van der Waals surface area contributed by atoms with Crippen molar-refractivity contribution in [1.82, 2.24) is 10.6 Å². The molecule has 2 aromatic carbocycles. The lowest BCUT2D eigenvalue weighted by Crippen LogP contribution is -2.35. The van der Waals surface area contributed by atoms with Crippen LogP contribution in [0.2, 0.25) is 5.02 Å². The maximum Gasteiger partial charge on any atom is 0.257 e. The number of carbonyl (C=O) groups excluding carboxylic acids is 1. The summed E-state index contributed by atoms with van der Waals surface area (Å²) < 4.78 is 36.6. The van der Waals surface area contributed by atoms with Gasteiger partial charge in [0.1, 0.15) is 29.7 Å². The van der Waals surface area contributed by atoms with E-state index in [1.807, 2.05) is 0 Å². The summed E-state index contributed by atoms with van der Waals surface area (Å²) >= 11 is 5.57. The number of hydrogen-bond donors (Lipinski definition) is 3. The molecule has 158 valence electrons.